The number of amides is 1. The highest BCUT2D eigenvalue weighted by Gasteiger charge is 2.35. The largest absolute Gasteiger partial charge is 0.394 e. The third-order valence-corrected chi connectivity index (χ3v) is 2.47. The van der Waals surface area contributed by atoms with Crippen molar-refractivity contribution >= 4 is 5.91 Å². The van der Waals surface area contributed by atoms with Gasteiger partial charge in [-0.15, -0.1) is 0 Å². The van der Waals surface area contributed by atoms with Crippen LogP contribution in [0.1, 0.15) is 12.8 Å². The number of hydrogen-bond donors (Lipinski definition) is 1. The van der Waals surface area contributed by atoms with E-state index >= 15 is 0 Å². The average molecular weight is 171 g/mol. The fourth-order valence-corrected chi connectivity index (χ4v) is 1.63. The minimum atomic E-state index is 0.0432. The van der Waals surface area contributed by atoms with Crippen LogP contribution in [-0.2, 0) is 9.53 Å². The van der Waals surface area contributed by atoms with Crippen molar-refractivity contribution in [3.63, 3.8) is 0 Å². The molecule has 0 aliphatic carbocycles. The second-order valence-corrected chi connectivity index (χ2v) is 3.38. The molecule has 1 amide bonds. The molecule has 4 heteroatoms. The van der Waals surface area contributed by atoms with Gasteiger partial charge in [0.25, 0.3) is 0 Å². The Morgan fingerprint density at radius 1 is 1.67 bits per heavy atom. The molecule has 2 aliphatic rings. The average Bonchev–Trinajstić information content (AvgIpc) is 2.80. The first-order valence-electron chi connectivity index (χ1n) is 4.33. The topological polar surface area (TPSA) is 53.1 Å². The van der Waals surface area contributed by atoms with Crippen LogP contribution in [0.5, 0.6) is 0 Å². The predicted molar refractivity (Wildman–Crippen MR) is 41.6 cm³/mol. The van der Waals surface area contributed by atoms with Gasteiger partial charge in [0.2, 0.25) is 5.91 Å². The molecule has 4 nitrogen and oxygen atoms in total. The zero-order valence-electron chi connectivity index (χ0n) is 6.90. The third-order valence-electron chi connectivity index (χ3n) is 2.47. The summed E-state index contributed by atoms with van der Waals surface area (Å²) in [4.78, 5) is 13.0. The Bertz CT molecular complexity index is 191. The molecule has 12 heavy (non-hydrogen) atoms. The van der Waals surface area contributed by atoms with Gasteiger partial charge in [-0.1, -0.05) is 0 Å². The Balaban J connectivity index is 1.93. The molecule has 2 heterocycles. The SMILES string of the molecule is O=C1CCC(CO)N1C[C@@H]1CO1. The van der Waals surface area contributed by atoms with Crippen molar-refractivity contribution in [2.75, 3.05) is 19.8 Å². The summed E-state index contributed by atoms with van der Waals surface area (Å²) in [6.07, 6.45) is 1.61. The number of ether oxygens (including phenoxy) is 1. The third kappa shape index (κ3) is 1.44. The quantitative estimate of drug-likeness (QED) is 0.575. The molecule has 0 aromatic rings. The Morgan fingerprint density at radius 2 is 2.42 bits per heavy atom. The summed E-state index contributed by atoms with van der Waals surface area (Å²) in [7, 11) is 0. The van der Waals surface area contributed by atoms with Crippen LogP contribution in [-0.4, -0.2) is 47.8 Å². The van der Waals surface area contributed by atoms with Crippen molar-refractivity contribution in [1.29, 1.82) is 0 Å². The molecule has 2 fully saturated rings. The molecule has 2 aliphatic heterocycles. The number of nitrogens with zero attached hydrogens (tertiary/aromatic N) is 1. The van der Waals surface area contributed by atoms with E-state index in [0.29, 0.717) is 13.0 Å². The van der Waals surface area contributed by atoms with Gasteiger partial charge in [0.05, 0.1) is 25.4 Å². The lowest BCUT2D eigenvalue weighted by atomic mass is 10.2. The molecule has 1 N–H and O–H groups in total. The van der Waals surface area contributed by atoms with Crippen molar-refractivity contribution in [3.05, 3.63) is 0 Å². The normalized spacial score (nSPS) is 34.4. The van der Waals surface area contributed by atoms with Crippen LogP contribution >= 0.6 is 0 Å². The van der Waals surface area contributed by atoms with E-state index in [-0.39, 0.29) is 24.7 Å². The van der Waals surface area contributed by atoms with E-state index in [9.17, 15) is 4.79 Å². The van der Waals surface area contributed by atoms with Gasteiger partial charge in [-0.2, -0.15) is 0 Å². The van der Waals surface area contributed by atoms with Gasteiger partial charge in [0.15, 0.2) is 0 Å². The monoisotopic (exact) mass is 171 g/mol. The molecule has 0 radical (unpaired) electrons. The van der Waals surface area contributed by atoms with E-state index in [1.165, 1.54) is 0 Å². The summed E-state index contributed by atoms with van der Waals surface area (Å²) in [6, 6.07) is 0.0432. The van der Waals surface area contributed by atoms with Crippen molar-refractivity contribution in [2.45, 2.75) is 25.0 Å². The van der Waals surface area contributed by atoms with Crippen molar-refractivity contribution in [2.24, 2.45) is 0 Å². The van der Waals surface area contributed by atoms with Crippen LogP contribution in [0.4, 0.5) is 0 Å². The maximum absolute atomic E-state index is 11.3. The summed E-state index contributed by atoms with van der Waals surface area (Å²) in [5, 5.41) is 8.95. The van der Waals surface area contributed by atoms with E-state index in [4.69, 9.17) is 9.84 Å². The highest BCUT2D eigenvalue weighted by atomic mass is 16.6. The molecule has 0 spiro atoms. The van der Waals surface area contributed by atoms with E-state index in [1.54, 1.807) is 4.90 Å². The lowest BCUT2D eigenvalue weighted by molar-refractivity contribution is -0.129. The van der Waals surface area contributed by atoms with Gasteiger partial charge in [-0.25, -0.2) is 0 Å². The van der Waals surface area contributed by atoms with Crippen LogP contribution < -0.4 is 0 Å². The first-order valence-corrected chi connectivity index (χ1v) is 4.33. The number of carbonyl (C=O) groups excluding carboxylic acids is 1. The summed E-state index contributed by atoms with van der Waals surface area (Å²) >= 11 is 0. The standard InChI is InChI=1S/C8H13NO3/c10-4-6-1-2-8(11)9(6)3-7-5-12-7/h6-7,10H,1-5H2/t6?,7-/m1/s1. The molecule has 2 atom stereocenters. The van der Waals surface area contributed by atoms with E-state index < -0.39 is 0 Å². The van der Waals surface area contributed by atoms with E-state index in [1.807, 2.05) is 0 Å². The minimum absolute atomic E-state index is 0.0432. The van der Waals surface area contributed by atoms with Crippen LogP contribution in [0.15, 0.2) is 0 Å². The number of epoxide rings is 1. The van der Waals surface area contributed by atoms with Gasteiger partial charge >= 0.3 is 0 Å². The zero-order chi connectivity index (χ0) is 8.55. The first-order chi connectivity index (χ1) is 5.81. The van der Waals surface area contributed by atoms with Crippen molar-refractivity contribution in [3.8, 4) is 0 Å². The Hall–Kier alpha value is -0.610. The van der Waals surface area contributed by atoms with Gasteiger partial charge in [-0.05, 0) is 6.42 Å². The molecular weight excluding hydrogens is 158 g/mol. The van der Waals surface area contributed by atoms with Gasteiger partial charge in [0, 0.05) is 13.0 Å². The van der Waals surface area contributed by atoms with E-state index in [2.05, 4.69) is 0 Å². The Morgan fingerprint density at radius 3 is 3.00 bits per heavy atom. The number of rotatable bonds is 3. The fraction of sp³-hybridized carbons (Fsp3) is 0.875. The molecule has 2 rings (SSSR count). The minimum Gasteiger partial charge on any atom is -0.394 e. The second kappa shape index (κ2) is 3.03. The number of aliphatic hydroxyl groups is 1. The van der Waals surface area contributed by atoms with Crippen molar-refractivity contribution in [1.82, 2.24) is 4.90 Å². The maximum atomic E-state index is 11.3. The van der Waals surface area contributed by atoms with Gasteiger partial charge < -0.3 is 14.7 Å². The number of likely N-dealkylation sites (tertiary alicyclic amines) is 1. The molecule has 0 bridgehead atoms. The lowest BCUT2D eigenvalue weighted by Gasteiger charge is -2.21. The smallest absolute Gasteiger partial charge is 0.223 e. The molecule has 0 saturated carbocycles. The summed E-state index contributed by atoms with van der Waals surface area (Å²) in [5.74, 6) is 0.157. The Kier molecular flexibility index (Phi) is 2.02. The van der Waals surface area contributed by atoms with Crippen LogP contribution in [0.2, 0.25) is 0 Å². The summed E-state index contributed by atoms with van der Waals surface area (Å²) < 4.78 is 5.04. The summed E-state index contributed by atoms with van der Waals surface area (Å²) in [5.41, 5.74) is 0. The second-order valence-electron chi connectivity index (χ2n) is 3.38. The number of hydrogen-bond acceptors (Lipinski definition) is 3. The van der Waals surface area contributed by atoms with Crippen molar-refractivity contribution < 1.29 is 14.6 Å². The molecule has 68 valence electrons. The Labute approximate surface area is 71.1 Å². The highest BCUT2D eigenvalue weighted by Crippen LogP contribution is 2.21. The first kappa shape index (κ1) is 8.01. The van der Waals surface area contributed by atoms with Crippen LogP contribution in [0.3, 0.4) is 0 Å². The molecular formula is C8H13NO3. The molecule has 0 aromatic heterocycles. The van der Waals surface area contributed by atoms with E-state index in [0.717, 1.165) is 13.0 Å². The number of carbonyl (C=O) groups is 1. The molecule has 2 saturated heterocycles. The van der Waals surface area contributed by atoms with Gasteiger partial charge in [-0.3, -0.25) is 4.79 Å². The summed E-state index contributed by atoms with van der Waals surface area (Å²) in [6.45, 7) is 1.52. The maximum Gasteiger partial charge on any atom is 0.223 e. The fourth-order valence-electron chi connectivity index (χ4n) is 1.63. The molecule has 0 aromatic carbocycles. The zero-order valence-corrected chi connectivity index (χ0v) is 6.90. The highest BCUT2D eigenvalue weighted by molar-refractivity contribution is 5.78. The van der Waals surface area contributed by atoms with Crippen LogP contribution in [0.25, 0.3) is 0 Å². The van der Waals surface area contributed by atoms with Crippen LogP contribution in [0, 0.1) is 0 Å². The number of aliphatic hydroxyl groups excluding tert-OH is 1. The molecule has 1 unspecified atom stereocenters. The predicted octanol–water partition coefficient (Wildman–Crippen LogP) is -0.632. The van der Waals surface area contributed by atoms with Gasteiger partial charge in [0.1, 0.15) is 0 Å². The lowest BCUT2D eigenvalue weighted by Crippen LogP contribution is -2.38.